The quantitative estimate of drug-likeness (QED) is 0.282. The number of carbonyl (C=O) groups is 1. The molecule has 0 unspecified atom stereocenters. The Morgan fingerprint density at radius 3 is 2.66 bits per heavy atom. The van der Waals surface area contributed by atoms with E-state index in [1.54, 1.807) is 16.6 Å². The largest absolute Gasteiger partial charge is 0.382 e. The standard InChI is InChI=1S/C23H24FN9OS/c1-13-17(14(2)32-22(28-13)29-23(31-32)35-3)11-20(34)27-10-4-5-19-18(12-25)21(26)33(30-19)16-8-6-15(24)7-9-16/h6-9H,4-5,10-11,26H2,1-3H3,(H,27,34). The zero-order valence-electron chi connectivity index (χ0n) is 19.5. The van der Waals surface area contributed by atoms with E-state index in [4.69, 9.17) is 5.73 Å². The number of aryl methyl sites for hydroxylation is 3. The number of amides is 1. The summed E-state index contributed by atoms with van der Waals surface area (Å²) >= 11 is 1.43. The third kappa shape index (κ3) is 4.95. The number of rotatable bonds is 8. The second-order valence-corrected chi connectivity index (χ2v) is 8.68. The zero-order valence-corrected chi connectivity index (χ0v) is 20.4. The molecule has 1 amide bonds. The van der Waals surface area contributed by atoms with Crippen molar-refractivity contribution in [2.45, 2.75) is 38.3 Å². The van der Waals surface area contributed by atoms with Crippen LogP contribution < -0.4 is 11.1 Å². The highest BCUT2D eigenvalue weighted by Gasteiger charge is 2.18. The Morgan fingerprint density at radius 2 is 1.97 bits per heavy atom. The maximum Gasteiger partial charge on any atom is 0.253 e. The molecule has 0 radical (unpaired) electrons. The smallest absolute Gasteiger partial charge is 0.253 e. The molecule has 0 bridgehead atoms. The molecule has 180 valence electrons. The molecule has 10 nitrogen and oxygen atoms in total. The van der Waals surface area contributed by atoms with E-state index in [-0.39, 0.29) is 29.5 Å². The van der Waals surface area contributed by atoms with Crippen molar-refractivity contribution in [1.82, 2.24) is 34.7 Å². The molecule has 0 aliphatic rings. The first-order valence-electron chi connectivity index (χ1n) is 10.9. The number of hydrogen-bond acceptors (Lipinski definition) is 8. The molecular formula is C23H24FN9OS. The number of anilines is 1. The number of aromatic nitrogens is 6. The van der Waals surface area contributed by atoms with E-state index >= 15 is 0 Å². The molecule has 3 aromatic heterocycles. The Hall–Kier alpha value is -3.98. The van der Waals surface area contributed by atoms with Crippen LogP contribution >= 0.6 is 11.8 Å². The number of nitrogen functional groups attached to an aromatic ring is 1. The van der Waals surface area contributed by atoms with Gasteiger partial charge in [0.15, 0.2) is 0 Å². The highest BCUT2D eigenvalue weighted by molar-refractivity contribution is 7.98. The second-order valence-electron chi connectivity index (χ2n) is 7.91. The molecule has 0 fully saturated rings. The van der Waals surface area contributed by atoms with Gasteiger partial charge in [0.25, 0.3) is 5.78 Å². The molecule has 1 aromatic carbocycles. The summed E-state index contributed by atoms with van der Waals surface area (Å²) in [5.74, 6) is 0.202. The van der Waals surface area contributed by atoms with E-state index in [0.29, 0.717) is 41.7 Å². The highest BCUT2D eigenvalue weighted by atomic mass is 32.2. The van der Waals surface area contributed by atoms with Crippen LogP contribution in [-0.2, 0) is 17.6 Å². The van der Waals surface area contributed by atoms with Gasteiger partial charge in [-0.3, -0.25) is 4.79 Å². The Balaban J connectivity index is 1.38. The summed E-state index contributed by atoms with van der Waals surface area (Å²) < 4.78 is 16.3. The van der Waals surface area contributed by atoms with Gasteiger partial charge in [-0.1, -0.05) is 11.8 Å². The Labute approximate surface area is 205 Å². The Kier molecular flexibility index (Phi) is 6.97. The summed E-state index contributed by atoms with van der Waals surface area (Å²) in [7, 11) is 0. The number of nitriles is 1. The Bertz CT molecular complexity index is 1440. The summed E-state index contributed by atoms with van der Waals surface area (Å²) in [6.45, 7) is 4.16. The van der Waals surface area contributed by atoms with Crippen molar-refractivity contribution >= 4 is 29.3 Å². The molecule has 4 rings (SSSR count). The average Bonchev–Trinajstić information content (AvgIpc) is 3.40. The van der Waals surface area contributed by atoms with E-state index in [2.05, 4.69) is 31.6 Å². The van der Waals surface area contributed by atoms with Gasteiger partial charge in [0.2, 0.25) is 11.1 Å². The monoisotopic (exact) mass is 493 g/mol. The topological polar surface area (TPSA) is 140 Å². The van der Waals surface area contributed by atoms with Crippen molar-refractivity contribution in [1.29, 1.82) is 5.26 Å². The van der Waals surface area contributed by atoms with Crippen LogP contribution in [0.1, 0.15) is 34.6 Å². The normalized spacial score (nSPS) is 11.1. The molecule has 0 aliphatic heterocycles. The minimum Gasteiger partial charge on any atom is -0.382 e. The SMILES string of the molecule is CSc1nc2nc(C)c(CC(=O)NCCCc3nn(-c4ccc(F)cc4)c(N)c3C#N)c(C)n2n1. The molecule has 3 heterocycles. The lowest BCUT2D eigenvalue weighted by molar-refractivity contribution is -0.120. The van der Waals surface area contributed by atoms with Crippen LogP contribution in [0.25, 0.3) is 11.5 Å². The van der Waals surface area contributed by atoms with Crippen LogP contribution in [0.4, 0.5) is 10.2 Å². The molecular weight excluding hydrogens is 469 g/mol. The molecule has 12 heteroatoms. The maximum absolute atomic E-state index is 13.2. The number of hydrogen-bond donors (Lipinski definition) is 2. The minimum atomic E-state index is -0.372. The van der Waals surface area contributed by atoms with E-state index in [9.17, 15) is 14.4 Å². The maximum atomic E-state index is 13.2. The molecule has 35 heavy (non-hydrogen) atoms. The molecule has 4 aromatic rings. The molecule has 0 saturated carbocycles. The second kappa shape index (κ2) is 10.1. The summed E-state index contributed by atoms with van der Waals surface area (Å²) in [6, 6.07) is 7.78. The summed E-state index contributed by atoms with van der Waals surface area (Å²) in [6.07, 6.45) is 3.08. The van der Waals surface area contributed by atoms with Gasteiger partial charge < -0.3 is 11.1 Å². The molecule has 0 atom stereocenters. The van der Waals surface area contributed by atoms with Crippen molar-refractivity contribution in [2.75, 3.05) is 18.5 Å². The van der Waals surface area contributed by atoms with E-state index in [1.807, 2.05) is 20.1 Å². The van der Waals surface area contributed by atoms with E-state index < -0.39 is 0 Å². The van der Waals surface area contributed by atoms with Gasteiger partial charge in [-0.25, -0.2) is 18.6 Å². The molecule has 0 spiro atoms. The number of benzene rings is 1. The van der Waals surface area contributed by atoms with Gasteiger partial charge in [-0.15, -0.1) is 5.10 Å². The van der Waals surface area contributed by atoms with E-state index in [0.717, 1.165) is 17.0 Å². The van der Waals surface area contributed by atoms with Gasteiger partial charge in [0.05, 0.1) is 17.8 Å². The fraction of sp³-hybridized carbons (Fsp3) is 0.304. The molecule has 0 saturated heterocycles. The molecule has 0 aliphatic carbocycles. The van der Waals surface area contributed by atoms with Crippen LogP contribution in [-0.4, -0.2) is 48.1 Å². The fourth-order valence-electron chi connectivity index (χ4n) is 3.79. The van der Waals surface area contributed by atoms with Crippen molar-refractivity contribution in [3.63, 3.8) is 0 Å². The van der Waals surface area contributed by atoms with Crippen molar-refractivity contribution in [3.8, 4) is 11.8 Å². The van der Waals surface area contributed by atoms with Crippen LogP contribution in [0.2, 0.25) is 0 Å². The van der Waals surface area contributed by atoms with Crippen LogP contribution in [0.5, 0.6) is 0 Å². The number of carbonyl (C=O) groups excluding carboxylic acids is 1. The van der Waals surface area contributed by atoms with E-state index in [1.165, 1.54) is 28.6 Å². The van der Waals surface area contributed by atoms with Gasteiger partial charge in [0, 0.05) is 23.5 Å². The lowest BCUT2D eigenvalue weighted by Gasteiger charge is -2.10. The predicted molar refractivity (Wildman–Crippen MR) is 130 cm³/mol. The van der Waals surface area contributed by atoms with Crippen molar-refractivity contribution in [2.24, 2.45) is 0 Å². The number of nitrogens with two attached hydrogens (primary N) is 1. The summed E-state index contributed by atoms with van der Waals surface area (Å²) in [4.78, 5) is 21.4. The third-order valence-corrected chi connectivity index (χ3v) is 6.18. The number of nitrogens with zero attached hydrogens (tertiary/aromatic N) is 7. The average molecular weight is 494 g/mol. The third-order valence-electron chi connectivity index (χ3n) is 5.64. The van der Waals surface area contributed by atoms with Crippen LogP contribution in [0, 0.1) is 31.0 Å². The number of halogens is 1. The van der Waals surface area contributed by atoms with Gasteiger partial charge in [0.1, 0.15) is 23.3 Å². The fourth-order valence-corrected chi connectivity index (χ4v) is 4.13. The first kappa shape index (κ1) is 24.2. The Morgan fingerprint density at radius 1 is 1.23 bits per heavy atom. The summed E-state index contributed by atoms with van der Waals surface area (Å²) in [5, 5.41) is 21.9. The van der Waals surface area contributed by atoms with Crippen molar-refractivity contribution in [3.05, 3.63) is 58.3 Å². The van der Waals surface area contributed by atoms with Crippen LogP contribution in [0.3, 0.4) is 0 Å². The lowest BCUT2D eigenvalue weighted by atomic mass is 10.1. The van der Waals surface area contributed by atoms with Gasteiger partial charge in [-0.05, 0) is 57.2 Å². The zero-order chi connectivity index (χ0) is 25.1. The highest BCUT2D eigenvalue weighted by Crippen LogP contribution is 2.22. The summed E-state index contributed by atoms with van der Waals surface area (Å²) in [5.41, 5.74) is 9.85. The lowest BCUT2D eigenvalue weighted by Crippen LogP contribution is -2.27. The minimum absolute atomic E-state index is 0.139. The first-order chi connectivity index (χ1) is 16.8. The van der Waals surface area contributed by atoms with Gasteiger partial charge in [-0.2, -0.15) is 15.3 Å². The first-order valence-corrected chi connectivity index (χ1v) is 12.1. The van der Waals surface area contributed by atoms with Crippen LogP contribution in [0.15, 0.2) is 29.4 Å². The van der Waals surface area contributed by atoms with Gasteiger partial charge >= 0.3 is 0 Å². The number of thioether (sulfide) groups is 1. The predicted octanol–water partition coefficient (Wildman–Crippen LogP) is 2.53. The number of nitrogens with one attached hydrogen (secondary N) is 1. The number of fused-ring (bicyclic) bond motifs is 1. The molecule has 3 N–H and O–H groups in total. The van der Waals surface area contributed by atoms with Crippen molar-refractivity contribution < 1.29 is 9.18 Å².